The van der Waals surface area contributed by atoms with E-state index in [9.17, 15) is 0 Å². The molecule has 1 fully saturated rings. The van der Waals surface area contributed by atoms with Crippen LogP contribution in [0.1, 0.15) is 12.2 Å². The van der Waals surface area contributed by atoms with Gasteiger partial charge in [0.15, 0.2) is 5.82 Å². The topological polar surface area (TPSA) is 51.4 Å². The summed E-state index contributed by atoms with van der Waals surface area (Å²) in [6.07, 6.45) is 1.32. The highest BCUT2D eigenvalue weighted by Crippen LogP contribution is 2.19. The van der Waals surface area contributed by atoms with Crippen LogP contribution in [-0.4, -0.2) is 36.4 Å². The normalized spacial score (nSPS) is 22.6. The minimum Gasteiger partial charge on any atom is -0.380 e. The van der Waals surface area contributed by atoms with Crippen LogP contribution >= 0.6 is 0 Å². The molecule has 0 N–H and O–H groups in total. The number of anilines is 1. The number of nitrogens with zero attached hydrogens (tertiary/aromatic N) is 3. The van der Waals surface area contributed by atoms with Gasteiger partial charge in [0.25, 0.3) is 0 Å². The van der Waals surface area contributed by atoms with Crippen molar-refractivity contribution < 1.29 is 9.26 Å². The summed E-state index contributed by atoms with van der Waals surface area (Å²) in [5.74, 6) is 0.677. The fourth-order valence-electron chi connectivity index (χ4n) is 1.51. The molecular weight excluding hydrogens is 170 g/mol. The molecule has 1 aliphatic rings. The Balaban J connectivity index is 2.03. The molecule has 1 unspecified atom stereocenters. The fraction of sp³-hybridized carbons (Fsp3) is 0.750. The van der Waals surface area contributed by atoms with Gasteiger partial charge in [-0.1, -0.05) is 5.16 Å². The molecule has 0 aliphatic carbocycles. The summed E-state index contributed by atoms with van der Waals surface area (Å²) in [6.45, 7) is 3.59. The van der Waals surface area contributed by atoms with Crippen LogP contribution in [0.4, 0.5) is 6.01 Å². The molecule has 1 aliphatic heterocycles. The molecule has 1 saturated heterocycles. The van der Waals surface area contributed by atoms with Crippen molar-refractivity contribution in [3.05, 3.63) is 5.82 Å². The maximum Gasteiger partial charge on any atom is 0.324 e. The lowest BCUT2D eigenvalue weighted by Crippen LogP contribution is -2.22. The number of methoxy groups -OCH3 is 1. The Bertz CT molecular complexity index is 287. The Labute approximate surface area is 76.7 Å². The highest BCUT2D eigenvalue weighted by molar-refractivity contribution is 5.27. The number of rotatable bonds is 2. The summed E-state index contributed by atoms with van der Waals surface area (Å²) in [5.41, 5.74) is 0. The molecule has 5 heteroatoms. The summed E-state index contributed by atoms with van der Waals surface area (Å²) in [4.78, 5) is 6.20. The second-order valence-electron chi connectivity index (χ2n) is 3.22. The Hall–Kier alpha value is -1.10. The van der Waals surface area contributed by atoms with E-state index in [1.165, 1.54) is 0 Å². The standard InChI is InChI=1S/C8H13N3O2/c1-6-9-8(13-10-6)11-4-3-7(5-11)12-2/h7H,3-5H2,1-2H3. The first-order valence-electron chi connectivity index (χ1n) is 4.37. The van der Waals surface area contributed by atoms with Crippen LogP contribution in [0, 0.1) is 6.92 Å². The molecule has 0 spiro atoms. The van der Waals surface area contributed by atoms with E-state index in [4.69, 9.17) is 9.26 Å². The number of hydrogen-bond donors (Lipinski definition) is 0. The predicted molar refractivity (Wildman–Crippen MR) is 46.7 cm³/mol. The molecule has 0 amide bonds. The molecular formula is C8H13N3O2. The van der Waals surface area contributed by atoms with Crippen LogP contribution < -0.4 is 4.90 Å². The van der Waals surface area contributed by atoms with E-state index in [1.54, 1.807) is 7.11 Å². The van der Waals surface area contributed by atoms with Gasteiger partial charge in [0.2, 0.25) is 0 Å². The third kappa shape index (κ3) is 1.65. The molecule has 2 heterocycles. The largest absolute Gasteiger partial charge is 0.380 e. The molecule has 1 atom stereocenters. The van der Waals surface area contributed by atoms with Crippen LogP contribution in [0.15, 0.2) is 4.52 Å². The van der Waals surface area contributed by atoms with Crippen molar-refractivity contribution in [3.63, 3.8) is 0 Å². The third-order valence-corrected chi connectivity index (χ3v) is 2.27. The van der Waals surface area contributed by atoms with Gasteiger partial charge in [0, 0.05) is 20.2 Å². The average molecular weight is 183 g/mol. The van der Waals surface area contributed by atoms with Gasteiger partial charge in [-0.3, -0.25) is 0 Å². The van der Waals surface area contributed by atoms with E-state index < -0.39 is 0 Å². The van der Waals surface area contributed by atoms with Crippen molar-refractivity contribution in [1.29, 1.82) is 0 Å². The molecule has 1 aromatic heterocycles. The van der Waals surface area contributed by atoms with Gasteiger partial charge >= 0.3 is 6.01 Å². The van der Waals surface area contributed by atoms with E-state index in [1.807, 2.05) is 11.8 Å². The maximum atomic E-state index is 5.24. The van der Waals surface area contributed by atoms with Crippen LogP contribution in [0.3, 0.4) is 0 Å². The van der Waals surface area contributed by atoms with E-state index in [-0.39, 0.29) is 0 Å². The third-order valence-electron chi connectivity index (χ3n) is 2.27. The first kappa shape index (κ1) is 8.50. The first-order valence-corrected chi connectivity index (χ1v) is 4.37. The fourth-order valence-corrected chi connectivity index (χ4v) is 1.51. The number of aromatic nitrogens is 2. The van der Waals surface area contributed by atoms with Gasteiger partial charge in [0.1, 0.15) is 0 Å². The Kier molecular flexibility index (Phi) is 2.18. The van der Waals surface area contributed by atoms with E-state index in [0.29, 0.717) is 17.9 Å². The highest BCUT2D eigenvalue weighted by Gasteiger charge is 2.25. The summed E-state index contributed by atoms with van der Waals surface area (Å²) >= 11 is 0. The molecule has 72 valence electrons. The van der Waals surface area contributed by atoms with Crippen molar-refractivity contribution in [2.75, 3.05) is 25.1 Å². The first-order chi connectivity index (χ1) is 6.29. The van der Waals surface area contributed by atoms with Crippen molar-refractivity contribution in [1.82, 2.24) is 10.1 Å². The Morgan fingerprint density at radius 1 is 1.62 bits per heavy atom. The highest BCUT2D eigenvalue weighted by atomic mass is 16.5. The van der Waals surface area contributed by atoms with Crippen LogP contribution in [0.5, 0.6) is 0 Å². The van der Waals surface area contributed by atoms with Gasteiger partial charge in [-0.15, -0.1) is 0 Å². The number of aryl methyl sites for hydroxylation is 1. The van der Waals surface area contributed by atoms with Crippen LogP contribution in [0.25, 0.3) is 0 Å². The van der Waals surface area contributed by atoms with E-state index in [2.05, 4.69) is 10.1 Å². The quantitative estimate of drug-likeness (QED) is 0.672. The zero-order valence-corrected chi connectivity index (χ0v) is 7.86. The van der Waals surface area contributed by atoms with Crippen molar-refractivity contribution in [2.45, 2.75) is 19.4 Å². The van der Waals surface area contributed by atoms with Gasteiger partial charge in [-0.2, -0.15) is 4.98 Å². The molecule has 2 rings (SSSR count). The lowest BCUT2D eigenvalue weighted by atomic mass is 10.3. The number of hydrogen-bond acceptors (Lipinski definition) is 5. The Morgan fingerprint density at radius 3 is 3.00 bits per heavy atom. The molecule has 0 aromatic carbocycles. The zero-order valence-electron chi connectivity index (χ0n) is 7.86. The van der Waals surface area contributed by atoms with Crippen LogP contribution in [0.2, 0.25) is 0 Å². The maximum absolute atomic E-state index is 5.24. The molecule has 0 bridgehead atoms. The molecule has 5 nitrogen and oxygen atoms in total. The van der Waals surface area contributed by atoms with Crippen molar-refractivity contribution in [3.8, 4) is 0 Å². The zero-order chi connectivity index (χ0) is 9.26. The molecule has 0 radical (unpaired) electrons. The van der Waals surface area contributed by atoms with Gasteiger partial charge in [-0.05, 0) is 13.3 Å². The summed E-state index contributed by atoms with van der Waals surface area (Å²) < 4.78 is 10.3. The predicted octanol–water partition coefficient (Wildman–Crippen LogP) is 0.603. The second kappa shape index (κ2) is 3.33. The summed E-state index contributed by atoms with van der Waals surface area (Å²) in [7, 11) is 1.73. The van der Waals surface area contributed by atoms with Gasteiger partial charge in [-0.25, -0.2) is 0 Å². The average Bonchev–Trinajstić information content (AvgIpc) is 2.71. The lowest BCUT2D eigenvalue weighted by Gasteiger charge is -2.11. The minimum atomic E-state index is 0.298. The SMILES string of the molecule is COC1CCN(c2nc(C)no2)C1. The minimum absolute atomic E-state index is 0.298. The summed E-state index contributed by atoms with van der Waals surface area (Å²) in [5, 5.41) is 3.74. The smallest absolute Gasteiger partial charge is 0.324 e. The molecule has 0 saturated carbocycles. The van der Waals surface area contributed by atoms with Crippen molar-refractivity contribution >= 4 is 6.01 Å². The Morgan fingerprint density at radius 2 is 2.46 bits per heavy atom. The lowest BCUT2D eigenvalue weighted by molar-refractivity contribution is 0.120. The van der Waals surface area contributed by atoms with Crippen molar-refractivity contribution in [2.24, 2.45) is 0 Å². The van der Waals surface area contributed by atoms with E-state index >= 15 is 0 Å². The molecule has 1 aromatic rings. The van der Waals surface area contributed by atoms with E-state index in [0.717, 1.165) is 19.5 Å². The van der Waals surface area contributed by atoms with Gasteiger partial charge < -0.3 is 14.2 Å². The second-order valence-corrected chi connectivity index (χ2v) is 3.22. The van der Waals surface area contributed by atoms with Gasteiger partial charge in [0.05, 0.1) is 6.10 Å². The summed E-state index contributed by atoms with van der Waals surface area (Å²) in [6, 6.07) is 0.608. The molecule has 13 heavy (non-hydrogen) atoms. The van der Waals surface area contributed by atoms with Crippen LogP contribution in [-0.2, 0) is 4.74 Å². The monoisotopic (exact) mass is 183 g/mol. The number of ether oxygens (including phenoxy) is 1.